The molecule has 0 aliphatic rings. The van der Waals surface area contributed by atoms with Crippen LogP contribution in [0, 0.1) is 6.92 Å². The van der Waals surface area contributed by atoms with Gasteiger partial charge in [0.25, 0.3) is 0 Å². The lowest BCUT2D eigenvalue weighted by molar-refractivity contribution is 0.232. The summed E-state index contributed by atoms with van der Waals surface area (Å²) in [5.74, 6) is 2.33. The molecule has 0 aliphatic carbocycles. The molecule has 0 aliphatic heterocycles. The Bertz CT molecular complexity index is 1010. The van der Waals surface area contributed by atoms with Crippen molar-refractivity contribution in [2.75, 3.05) is 7.11 Å². The fourth-order valence-electron chi connectivity index (χ4n) is 2.82. The van der Waals surface area contributed by atoms with Crippen LogP contribution in [0.25, 0.3) is 22.4 Å². The van der Waals surface area contributed by atoms with Crippen LogP contribution < -0.4 is 9.57 Å². The van der Waals surface area contributed by atoms with Gasteiger partial charge in [0.05, 0.1) is 12.6 Å². The van der Waals surface area contributed by atoms with Gasteiger partial charge in [-0.25, -0.2) is 4.98 Å². The van der Waals surface area contributed by atoms with E-state index < -0.39 is 0 Å². The highest BCUT2D eigenvalue weighted by Crippen LogP contribution is 2.28. The van der Waals surface area contributed by atoms with Crippen LogP contribution >= 0.6 is 0 Å². The summed E-state index contributed by atoms with van der Waals surface area (Å²) in [4.78, 5) is 11.0. The first kappa shape index (κ1) is 15.3. The summed E-state index contributed by atoms with van der Waals surface area (Å²) in [6.45, 7) is 2.06. The van der Waals surface area contributed by atoms with Gasteiger partial charge in [0, 0.05) is 5.56 Å². The van der Waals surface area contributed by atoms with E-state index in [9.17, 15) is 0 Å². The summed E-state index contributed by atoms with van der Waals surface area (Å²) >= 11 is 0. The van der Waals surface area contributed by atoms with Crippen molar-refractivity contribution in [3.63, 3.8) is 0 Å². The molecule has 0 spiro atoms. The maximum absolute atomic E-state index is 6.15. The van der Waals surface area contributed by atoms with Crippen molar-refractivity contribution in [2.24, 2.45) is 0 Å². The highest BCUT2D eigenvalue weighted by atomic mass is 16.7. The Hall–Kier alpha value is -3.27. The molecule has 0 saturated carbocycles. The molecule has 0 atom stereocenters. The van der Waals surface area contributed by atoms with E-state index in [0.717, 1.165) is 39.5 Å². The van der Waals surface area contributed by atoms with Crippen LogP contribution in [-0.4, -0.2) is 16.8 Å². The van der Waals surface area contributed by atoms with Gasteiger partial charge in [-0.3, -0.25) is 0 Å². The smallest absolute Gasteiger partial charge is 0.177 e. The number of benzene rings is 3. The average Bonchev–Trinajstić information content (AvgIpc) is 3.03. The first-order valence-corrected chi connectivity index (χ1v) is 8.12. The second-order valence-electron chi connectivity index (χ2n) is 5.81. The van der Waals surface area contributed by atoms with Crippen molar-refractivity contribution >= 4 is 11.0 Å². The summed E-state index contributed by atoms with van der Waals surface area (Å²) in [5, 5.41) is 0. The standard InChI is InChI=1S/C21H18N2O2/c1-15-7-6-10-19-20(15)22-21(16-11-13-17(24-2)14-12-16)23(19)25-18-8-4-3-5-9-18/h3-14H,1-2H3. The van der Waals surface area contributed by atoms with E-state index in [1.807, 2.05) is 66.7 Å². The van der Waals surface area contributed by atoms with Crippen molar-refractivity contribution in [3.8, 4) is 22.9 Å². The van der Waals surface area contributed by atoms with Gasteiger partial charge in [0.1, 0.15) is 11.3 Å². The lowest BCUT2D eigenvalue weighted by Gasteiger charge is -2.11. The number of aromatic nitrogens is 2. The van der Waals surface area contributed by atoms with Gasteiger partial charge < -0.3 is 9.57 Å². The van der Waals surface area contributed by atoms with Crippen LogP contribution in [-0.2, 0) is 0 Å². The summed E-state index contributed by atoms with van der Waals surface area (Å²) in [5.41, 5.74) is 3.95. The van der Waals surface area contributed by atoms with Crippen LogP contribution in [0.3, 0.4) is 0 Å². The van der Waals surface area contributed by atoms with E-state index >= 15 is 0 Å². The van der Waals surface area contributed by atoms with E-state index in [4.69, 9.17) is 14.6 Å². The number of imidazole rings is 1. The first-order chi connectivity index (χ1) is 12.3. The Balaban J connectivity index is 1.89. The van der Waals surface area contributed by atoms with Gasteiger partial charge in [-0.2, -0.15) is 4.73 Å². The van der Waals surface area contributed by atoms with E-state index in [-0.39, 0.29) is 0 Å². The minimum Gasteiger partial charge on any atom is -0.497 e. The quantitative estimate of drug-likeness (QED) is 0.536. The molecular weight excluding hydrogens is 312 g/mol. The summed E-state index contributed by atoms with van der Waals surface area (Å²) in [7, 11) is 1.66. The Labute approximate surface area is 146 Å². The highest BCUT2D eigenvalue weighted by molar-refractivity contribution is 5.83. The molecule has 0 bridgehead atoms. The van der Waals surface area contributed by atoms with Crippen LogP contribution in [0.15, 0.2) is 72.8 Å². The Kier molecular flexibility index (Phi) is 3.86. The van der Waals surface area contributed by atoms with Gasteiger partial charge in [-0.1, -0.05) is 30.3 Å². The van der Waals surface area contributed by atoms with Gasteiger partial charge >= 0.3 is 0 Å². The Morgan fingerprint density at radius 1 is 0.800 bits per heavy atom. The molecule has 25 heavy (non-hydrogen) atoms. The zero-order valence-corrected chi connectivity index (χ0v) is 14.1. The SMILES string of the molecule is COc1ccc(-c2nc3c(C)cccc3n2Oc2ccccc2)cc1. The maximum atomic E-state index is 6.15. The second kappa shape index (κ2) is 6.32. The third-order valence-electron chi connectivity index (χ3n) is 4.13. The molecule has 3 aromatic carbocycles. The predicted molar refractivity (Wildman–Crippen MR) is 98.9 cm³/mol. The largest absolute Gasteiger partial charge is 0.497 e. The number of para-hydroxylation sites is 2. The van der Waals surface area contributed by atoms with Gasteiger partial charge in [0.15, 0.2) is 11.6 Å². The Morgan fingerprint density at radius 3 is 2.28 bits per heavy atom. The van der Waals surface area contributed by atoms with Crippen molar-refractivity contribution in [1.82, 2.24) is 9.71 Å². The molecule has 1 aromatic heterocycles. The highest BCUT2D eigenvalue weighted by Gasteiger charge is 2.16. The molecule has 1 heterocycles. The van der Waals surface area contributed by atoms with Crippen molar-refractivity contribution in [1.29, 1.82) is 0 Å². The topological polar surface area (TPSA) is 36.3 Å². The second-order valence-corrected chi connectivity index (χ2v) is 5.81. The number of hydrogen-bond acceptors (Lipinski definition) is 3. The van der Waals surface area contributed by atoms with Crippen molar-refractivity contribution in [2.45, 2.75) is 6.92 Å². The van der Waals surface area contributed by atoms with Crippen LogP contribution in [0.4, 0.5) is 0 Å². The summed E-state index contributed by atoms with van der Waals surface area (Å²) in [6.07, 6.45) is 0. The molecular formula is C21H18N2O2. The number of rotatable bonds is 4. The lowest BCUT2D eigenvalue weighted by Crippen LogP contribution is -2.07. The minimum atomic E-state index is 0.760. The van der Waals surface area contributed by atoms with E-state index in [1.165, 1.54) is 0 Å². The minimum absolute atomic E-state index is 0.760. The summed E-state index contributed by atoms with van der Waals surface area (Å²) in [6, 6.07) is 23.6. The van der Waals surface area contributed by atoms with Gasteiger partial charge in [-0.15, -0.1) is 0 Å². The fraction of sp³-hybridized carbons (Fsp3) is 0.0952. The normalized spacial score (nSPS) is 10.8. The van der Waals surface area contributed by atoms with Gasteiger partial charge in [0.2, 0.25) is 0 Å². The summed E-state index contributed by atoms with van der Waals surface area (Å²) < 4.78 is 7.04. The van der Waals surface area contributed by atoms with E-state index in [1.54, 1.807) is 11.8 Å². The third kappa shape index (κ3) is 2.83. The van der Waals surface area contributed by atoms with Gasteiger partial charge in [-0.05, 0) is 55.0 Å². The molecule has 124 valence electrons. The number of ether oxygens (including phenoxy) is 1. The molecule has 0 saturated heterocycles. The van der Waals surface area contributed by atoms with Crippen LogP contribution in [0.2, 0.25) is 0 Å². The average molecular weight is 330 g/mol. The van der Waals surface area contributed by atoms with E-state index in [2.05, 4.69) is 13.0 Å². The number of methoxy groups -OCH3 is 1. The molecule has 4 aromatic rings. The van der Waals surface area contributed by atoms with Crippen LogP contribution in [0.5, 0.6) is 11.5 Å². The number of nitrogens with zero attached hydrogens (tertiary/aromatic N) is 2. The van der Waals surface area contributed by atoms with Crippen molar-refractivity contribution in [3.05, 3.63) is 78.4 Å². The molecule has 0 radical (unpaired) electrons. The molecule has 4 heteroatoms. The molecule has 0 fully saturated rings. The van der Waals surface area contributed by atoms with Crippen LogP contribution in [0.1, 0.15) is 5.56 Å². The maximum Gasteiger partial charge on any atom is 0.177 e. The first-order valence-electron chi connectivity index (χ1n) is 8.12. The Morgan fingerprint density at radius 2 is 1.56 bits per heavy atom. The lowest BCUT2D eigenvalue weighted by atomic mass is 10.2. The fourth-order valence-corrected chi connectivity index (χ4v) is 2.82. The number of hydrogen-bond donors (Lipinski definition) is 0. The molecule has 4 rings (SSSR count). The molecule has 0 amide bonds. The predicted octanol–water partition coefficient (Wildman–Crippen LogP) is 4.86. The molecule has 4 nitrogen and oxygen atoms in total. The number of aryl methyl sites for hydroxylation is 1. The molecule has 0 N–H and O–H groups in total. The monoisotopic (exact) mass is 330 g/mol. The zero-order valence-electron chi connectivity index (χ0n) is 14.1. The van der Waals surface area contributed by atoms with E-state index in [0.29, 0.717) is 0 Å². The van der Waals surface area contributed by atoms with Crippen molar-refractivity contribution < 1.29 is 9.57 Å². The number of fused-ring (bicyclic) bond motifs is 1. The third-order valence-corrected chi connectivity index (χ3v) is 4.13. The molecule has 0 unspecified atom stereocenters. The zero-order chi connectivity index (χ0) is 17.2.